The molecule has 1 aliphatic carbocycles. The van der Waals surface area contributed by atoms with Crippen molar-refractivity contribution in [3.63, 3.8) is 0 Å². The maximum Gasteiger partial charge on any atom is 0.356 e. The molecule has 132 valence electrons. The van der Waals surface area contributed by atoms with Crippen molar-refractivity contribution in [2.24, 2.45) is 0 Å². The molecule has 0 radical (unpaired) electrons. The molecular formula is C13H17N3O7S. The summed E-state index contributed by atoms with van der Waals surface area (Å²) in [6, 6.07) is 1.23. The van der Waals surface area contributed by atoms with Gasteiger partial charge >= 0.3 is 17.5 Å². The Morgan fingerprint density at radius 2 is 1.79 bits per heavy atom. The summed E-state index contributed by atoms with van der Waals surface area (Å²) in [7, 11) is -0.375. The summed E-state index contributed by atoms with van der Waals surface area (Å²) in [4.78, 5) is 32.0. The van der Waals surface area contributed by atoms with Crippen LogP contribution in [0, 0.1) is 0 Å². The van der Waals surface area contributed by atoms with Crippen LogP contribution in [-0.4, -0.2) is 56.9 Å². The molecule has 1 fully saturated rings. The Bertz CT molecular complexity index is 730. The summed E-state index contributed by atoms with van der Waals surface area (Å²) in [6.45, 7) is 0. The molecule has 1 aromatic heterocycles. The number of carbonyl (C=O) groups excluding carboxylic acids is 2. The van der Waals surface area contributed by atoms with Crippen LogP contribution in [0.25, 0.3) is 0 Å². The Morgan fingerprint density at radius 1 is 1.21 bits per heavy atom. The lowest BCUT2D eigenvalue weighted by Crippen LogP contribution is -2.48. The van der Waals surface area contributed by atoms with Gasteiger partial charge in [-0.05, 0) is 18.9 Å². The maximum atomic E-state index is 12.1. The molecule has 2 rings (SSSR count). The first-order valence-electron chi connectivity index (χ1n) is 6.89. The third-order valence-electron chi connectivity index (χ3n) is 3.46. The summed E-state index contributed by atoms with van der Waals surface area (Å²) in [6.07, 6.45) is 2.30. The van der Waals surface area contributed by atoms with Crippen molar-refractivity contribution >= 4 is 27.9 Å². The number of nitrogens with zero attached hydrogens (tertiary/aromatic N) is 2. The molecule has 0 unspecified atom stereocenters. The van der Waals surface area contributed by atoms with Gasteiger partial charge < -0.3 is 14.2 Å². The molecule has 0 amide bonds. The first-order valence-corrected chi connectivity index (χ1v) is 8.43. The minimum atomic E-state index is -3.61. The van der Waals surface area contributed by atoms with Crippen molar-refractivity contribution in [2.75, 3.05) is 26.1 Å². The van der Waals surface area contributed by atoms with Gasteiger partial charge in [0.15, 0.2) is 0 Å². The van der Waals surface area contributed by atoms with Crippen LogP contribution in [0.3, 0.4) is 0 Å². The molecular weight excluding hydrogens is 342 g/mol. The molecule has 1 N–H and O–H groups in total. The largest absolute Gasteiger partial charge is 0.466 e. The topological polar surface area (TPSA) is 134 Å². The second-order valence-electron chi connectivity index (χ2n) is 4.98. The van der Waals surface area contributed by atoms with Crippen molar-refractivity contribution < 1.29 is 32.2 Å². The van der Waals surface area contributed by atoms with E-state index in [4.69, 9.17) is 4.74 Å². The van der Waals surface area contributed by atoms with E-state index in [9.17, 15) is 18.0 Å². The molecule has 1 aromatic rings. The summed E-state index contributed by atoms with van der Waals surface area (Å²) >= 11 is 0. The van der Waals surface area contributed by atoms with Crippen molar-refractivity contribution in [2.45, 2.75) is 23.7 Å². The highest BCUT2D eigenvalue weighted by Crippen LogP contribution is 2.30. The Kier molecular flexibility index (Phi) is 5.04. The Morgan fingerprint density at radius 3 is 2.25 bits per heavy atom. The van der Waals surface area contributed by atoms with Crippen molar-refractivity contribution in [1.82, 2.24) is 9.97 Å². The average Bonchev–Trinajstić information content (AvgIpc) is 3.41. The van der Waals surface area contributed by atoms with E-state index in [1.54, 1.807) is 0 Å². The van der Waals surface area contributed by atoms with Gasteiger partial charge in [-0.25, -0.2) is 28.0 Å². The summed E-state index contributed by atoms with van der Waals surface area (Å²) in [5.74, 6) is -2.41. The van der Waals surface area contributed by atoms with E-state index in [0.717, 1.165) is 21.3 Å². The third kappa shape index (κ3) is 3.17. The smallest absolute Gasteiger partial charge is 0.356 e. The van der Waals surface area contributed by atoms with E-state index in [1.165, 1.54) is 12.3 Å². The van der Waals surface area contributed by atoms with Gasteiger partial charge in [0.25, 0.3) is 0 Å². The molecule has 1 aliphatic rings. The van der Waals surface area contributed by atoms with Gasteiger partial charge in [0.2, 0.25) is 16.0 Å². The summed E-state index contributed by atoms with van der Waals surface area (Å²) in [5, 5.41) is -0.488. The van der Waals surface area contributed by atoms with E-state index < -0.39 is 32.8 Å². The van der Waals surface area contributed by atoms with Gasteiger partial charge in [-0.15, -0.1) is 0 Å². The van der Waals surface area contributed by atoms with E-state index in [1.807, 2.05) is 0 Å². The van der Waals surface area contributed by atoms with Crippen molar-refractivity contribution in [3.8, 4) is 0 Å². The predicted octanol–water partition coefficient (Wildman–Crippen LogP) is -0.432. The number of hydrogen-bond acceptors (Lipinski definition) is 9. The second kappa shape index (κ2) is 6.69. The van der Waals surface area contributed by atoms with Crippen LogP contribution in [0.15, 0.2) is 12.3 Å². The van der Waals surface area contributed by atoms with Crippen LogP contribution in [0.1, 0.15) is 18.5 Å². The molecule has 0 atom stereocenters. The zero-order chi connectivity index (χ0) is 18.0. The van der Waals surface area contributed by atoms with E-state index in [0.29, 0.717) is 12.8 Å². The maximum absolute atomic E-state index is 12.1. The van der Waals surface area contributed by atoms with Gasteiger partial charge in [0.05, 0.1) is 19.5 Å². The first kappa shape index (κ1) is 18.1. The lowest BCUT2D eigenvalue weighted by atomic mass is 9.99. The summed E-state index contributed by atoms with van der Waals surface area (Å²) < 4.78 is 40.4. The second-order valence-corrected chi connectivity index (χ2v) is 6.94. The molecule has 1 saturated carbocycles. The molecule has 0 spiro atoms. The number of nitrogens with one attached hydrogen (secondary N) is 1. The fraction of sp³-hybridized carbons (Fsp3) is 0.538. The van der Waals surface area contributed by atoms with Gasteiger partial charge in [-0.3, -0.25) is 4.72 Å². The fourth-order valence-electron chi connectivity index (χ4n) is 2.04. The fourth-order valence-corrected chi connectivity index (χ4v) is 3.32. The first-order chi connectivity index (χ1) is 11.3. The number of hydrogen-bond donors (Lipinski definition) is 1. The van der Waals surface area contributed by atoms with Gasteiger partial charge in [0, 0.05) is 13.3 Å². The number of sulfonamides is 1. The molecule has 24 heavy (non-hydrogen) atoms. The van der Waals surface area contributed by atoms with Crippen molar-refractivity contribution in [3.05, 3.63) is 18.0 Å². The van der Waals surface area contributed by atoms with E-state index in [-0.39, 0.29) is 11.6 Å². The predicted molar refractivity (Wildman–Crippen MR) is 80.3 cm³/mol. The van der Waals surface area contributed by atoms with Crippen LogP contribution in [0.4, 0.5) is 5.95 Å². The van der Waals surface area contributed by atoms with E-state index in [2.05, 4.69) is 24.2 Å². The highest BCUT2D eigenvalue weighted by atomic mass is 32.2. The van der Waals surface area contributed by atoms with Gasteiger partial charge in [0.1, 0.15) is 5.69 Å². The molecule has 10 nitrogen and oxygen atoms in total. The normalized spacial score (nSPS) is 14.8. The highest BCUT2D eigenvalue weighted by Gasteiger charge is 2.53. The Balaban J connectivity index is 2.46. The minimum Gasteiger partial charge on any atom is -0.466 e. The van der Waals surface area contributed by atoms with Crippen molar-refractivity contribution in [1.29, 1.82) is 0 Å². The number of anilines is 1. The van der Waals surface area contributed by atoms with Gasteiger partial charge in [-0.2, -0.15) is 0 Å². The van der Waals surface area contributed by atoms with E-state index >= 15 is 0 Å². The lowest BCUT2D eigenvalue weighted by Gasteiger charge is -2.25. The Labute approximate surface area is 138 Å². The van der Waals surface area contributed by atoms with Crippen LogP contribution in [0.2, 0.25) is 0 Å². The van der Waals surface area contributed by atoms with Crippen LogP contribution in [-0.2, 0) is 39.4 Å². The molecule has 1 heterocycles. The number of rotatable bonds is 7. The van der Waals surface area contributed by atoms with Crippen LogP contribution < -0.4 is 4.72 Å². The molecule has 0 bridgehead atoms. The number of esters is 2. The average molecular weight is 359 g/mol. The Hall–Kier alpha value is -2.27. The van der Waals surface area contributed by atoms with Gasteiger partial charge in [-0.1, -0.05) is 0 Å². The molecule has 0 aromatic carbocycles. The number of methoxy groups -OCH3 is 3. The zero-order valence-corrected chi connectivity index (χ0v) is 14.1. The third-order valence-corrected chi connectivity index (χ3v) is 5.28. The minimum absolute atomic E-state index is 0.216. The monoisotopic (exact) mass is 359 g/mol. The zero-order valence-electron chi connectivity index (χ0n) is 13.3. The number of aromatic nitrogens is 2. The summed E-state index contributed by atoms with van der Waals surface area (Å²) in [5.41, 5.74) is -2.50. The molecule has 0 saturated heterocycles. The quantitative estimate of drug-likeness (QED) is 0.508. The lowest BCUT2D eigenvalue weighted by molar-refractivity contribution is -0.186. The molecule has 0 aliphatic heterocycles. The standard InChI is InChI=1S/C13H17N3O7S/c1-21-10(17)13(23-3,11(18)22-2)9-6-7-14-12(15-9)16-24(19,20)8-4-5-8/h6-8H,4-5H2,1-3H3,(H,14,15,16). The SMILES string of the molecule is COC(=O)C(OC)(C(=O)OC)c1ccnc(NS(=O)(=O)C2CC2)n1. The highest BCUT2D eigenvalue weighted by molar-refractivity contribution is 7.93. The van der Waals surface area contributed by atoms with Crippen LogP contribution in [0.5, 0.6) is 0 Å². The van der Waals surface area contributed by atoms with Crippen LogP contribution >= 0.6 is 0 Å². The number of ether oxygens (including phenoxy) is 3. The number of carbonyl (C=O) groups is 2. The molecule has 11 heteroatoms.